The summed E-state index contributed by atoms with van der Waals surface area (Å²) in [4.78, 5) is 11.5. The Kier molecular flexibility index (Phi) is 5.24. The van der Waals surface area contributed by atoms with Gasteiger partial charge in [-0.15, -0.1) is 0 Å². The maximum Gasteiger partial charge on any atom is 0.200 e. The number of aromatic nitrogens is 1. The highest BCUT2D eigenvalue weighted by Gasteiger charge is 2.18. The monoisotopic (exact) mass is 341 g/mol. The Morgan fingerprint density at radius 2 is 1.92 bits per heavy atom. The third kappa shape index (κ3) is 4.12. The van der Waals surface area contributed by atoms with Crippen molar-refractivity contribution in [2.45, 2.75) is 33.0 Å². The van der Waals surface area contributed by atoms with Crippen molar-refractivity contribution in [3.63, 3.8) is 0 Å². The average molecular weight is 341 g/mol. The van der Waals surface area contributed by atoms with Crippen molar-refractivity contribution in [3.8, 4) is 11.5 Å². The van der Waals surface area contributed by atoms with Gasteiger partial charge in [0.15, 0.2) is 23.2 Å². The summed E-state index contributed by atoms with van der Waals surface area (Å²) in [5, 5.41) is 0. The first-order valence-electron chi connectivity index (χ1n) is 8.41. The van der Waals surface area contributed by atoms with Gasteiger partial charge in [0.25, 0.3) is 0 Å². The summed E-state index contributed by atoms with van der Waals surface area (Å²) in [5.41, 5.74) is 2.79. The van der Waals surface area contributed by atoms with Crippen LogP contribution in [0.3, 0.4) is 0 Å². The van der Waals surface area contributed by atoms with Gasteiger partial charge in [0, 0.05) is 36.1 Å². The summed E-state index contributed by atoms with van der Waals surface area (Å²) in [7, 11) is 1.63. The normalized spacial score (nSPS) is 17.2. The number of nitrogens with zero attached hydrogens (tertiary/aromatic N) is 1. The Morgan fingerprint density at radius 3 is 2.56 bits per heavy atom. The molecule has 5 heteroatoms. The molecule has 1 aliphatic rings. The van der Waals surface area contributed by atoms with Crippen molar-refractivity contribution >= 4 is 12.3 Å². The highest BCUT2D eigenvalue weighted by Crippen LogP contribution is 2.31. The lowest BCUT2D eigenvalue weighted by atomic mass is 10.2. The molecule has 1 fully saturated rings. The molecule has 2 heterocycles. The van der Waals surface area contributed by atoms with E-state index in [-0.39, 0.29) is 11.7 Å². The lowest BCUT2D eigenvalue weighted by Gasteiger charge is -2.16. The fourth-order valence-electron chi connectivity index (χ4n) is 2.94. The van der Waals surface area contributed by atoms with E-state index in [4.69, 9.17) is 14.2 Å². The van der Waals surface area contributed by atoms with Crippen molar-refractivity contribution in [2.24, 2.45) is 0 Å². The number of hydrogen-bond donors (Lipinski definition) is 0. The zero-order chi connectivity index (χ0) is 17.8. The highest BCUT2D eigenvalue weighted by atomic mass is 16.7. The molecule has 3 rings (SSSR count). The van der Waals surface area contributed by atoms with Crippen LogP contribution in [0.15, 0.2) is 35.1 Å². The Hall–Kier alpha value is -2.53. The molecule has 0 aliphatic carbocycles. The third-order valence-electron chi connectivity index (χ3n) is 4.21. The first-order valence-corrected chi connectivity index (χ1v) is 8.41. The number of rotatable bonds is 5. The Morgan fingerprint density at radius 1 is 1.16 bits per heavy atom. The second-order valence-electron chi connectivity index (χ2n) is 6.13. The molecular weight excluding hydrogens is 318 g/mol. The maximum atomic E-state index is 11.5. The van der Waals surface area contributed by atoms with Gasteiger partial charge in [-0.25, -0.2) is 0 Å². The number of ether oxygens (including phenoxy) is 3. The van der Waals surface area contributed by atoms with Crippen LogP contribution in [-0.2, 0) is 4.74 Å². The van der Waals surface area contributed by atoms with Gasteiger partial charge >= 0.3 is 0 Å². The second-order valence-corrected chi connectivity index (χ2v) is 6.13. The van der Waals surface area contributed by atoms with Crippen molar-refractivity contribution in [2.75, 3.05) is 13.7 Å². The molecule has 1 unspecified atom stereocenters. The number of hydrogen-bond acceptors (Lipinski definition) is 4. The molecule has 0 amide bonds. The first kappa shape index (κ1) is 17.3. The van der Waals surface area contributed by atoms with Gasteiger partial charge in [-0.3, -0.25) is 4.79 Å². The molecule has 0 bridgehead atoms. The predicted molar refractivity (Wildman–Crippen MR) is 98.0 cm³/mol. The lowest BCUT2D eigenvalue weighted by molar-refractivity contribution is -0.0402. The molecule has 1 saturated heterocycles. The van der Waals surface area contributed by atoms with Crippen LogP contribution in [0.5, 0.6) is 11.5 Å². The van der Waals surface area contributed by atoms with E-state index in [1.165, 1.54) is 0 Å². The third-order valence-corrected chi connectivity index (χ3v) is 4.21. The van der Waals surface area contributed by atoms with Crippen LogP contribution in [0.25, 0.3) is 12.3 Å². The van der Waals surface area contributed by atoms with E-state index in [0.29, 0.717) is 11.5 Å². The van der Waals surface area contributed by atoms with E-state index in [9.17, 15) is 4.79 Å². The van der Waals surface area contributed by atoms with Gasteiger partial charge in [-0.05, 0) is 44.0 Å². The number of methoxy groups -OCH3 is 1. The summed E-state index contributed by atoms with van der Waals surface area (Å²) in [6.07, 6.45) is 5.61. The molecule has 132 valence electrons. The lowest BCUT2D eigenvalue weighted by Crippen LogP contribution is -2.14. The highest BCUT2D eigenvalue weighted by molar-refractivity contribution is 5.64. The minimum absolute atomic E-state index is 0.0244. The van der Waals surface area contributed by atoms with Crippen molar-refractivity contribution in [1.82, 2.24) is 4.57 Å². The summed E-state index contributed by atoms with van der Waals surface area (Å²) < 4.78 is 18.8. The zero-order valence-electron chi connectivity index (χ0n) is 14.8. The van der Waals surface area contributed by atoms with E-state index in [0.717, 1.165) is 36.4 Å². The quantitative estimate of drug-likeness (QED) is 0.833. The van der Waals surface area contributed by atoms with Gasteiger partial charge in [0.1, 0.15) is 0 Å². The van der Waals surface area contributed by atoms with E-state index in [1.807, 2.05) is 48.9 Å². The molecule has 0 saturated carbocycles. The molecule has 1 aliphatic heterocycles. The molecule has 2 aromatic rings. The first-order chi connectivity index (χ1) is 12.1. The van der Waals surface area contributed by atoms with Crippen LogP contribution < -0.4 is 14.9 Å². The topological polar surface area (TPSA) is 49.7 Å². The zero-order valence-corrected chi connectivity index (χ0v) is 14.8. The fraction of sp³-hybridized carbons (Fsp3) is 0.350. The largest absolute Gasteiger partial charge is 0.493 e. The summed E-state index contributed by atoms with van der Waals surface area (Å²) in [6, 6.07) is 9.03. The van der Waals surface area contributed by atoms with Gasteiger partial charge in [0.05, 0.1) is 13.7 Å². The van der Waals surface area contributed by atoms with Crippen LogP contribution >= 0.6 is 0 Å². The standard InChI is InChI=1S/C20H23NO4/c1-14-11-17(22)12-15(2)21(14)9-8-16-6-7-18(23-3)19(13-16)25-20-5-4-10-24-20/h6-9,11-13,20H,4-5,10H2,1-3H3/b9-8+. The predicted octanol–water partition coefficient (Wildman–Crippen LogP) is 3.62. The summed E-state index contributed by atoms with van der Waals surface area (Å²) in [5.74, 6) is 1.35. The van der Waals surface area contributed by atoms with E-state index in [1.54, 1.807) is 19.2 Å². The Bertz CT molecular complexity index is 806. The molecule has 5 nitrogen and oxygen atoms in total. The number of pyridine rings is 1. The average Bonchev–Trinajstić information content (AvgIpc) is 3.07. The summed E-state index contributed by atoms with van der Waals surface area (Å²) >= 11 is 0. The molecule has 1 aromatic heterocycles. The Labute approximate surface area is 147 Å². The number of aryl methyl sites for hydroxylation is 2. The van der Waals surface area contributed by atoms with Gasteiger partial charge in [-0.1, -0.05) is 6.07 Å². The van der Waals surface area contributed by atoms with Crippen molar-refractivity contribution in [3.05, 3.63) is 57.5 Å². The van der Waals surface area contributed by atoms with Gasteiger partial charge < -0.3 is 18.8 Å². The van der Waals surface area contributed by atoms with Crippen LogP contribution in [0, 0.1) is 13.8 Å². The van der Waals surface area contributed by atoms with Crippen molar-refractivity contribution in [1.29, 1.82) is 0 Å². The van der Waals surface area contributed by atoms with E-state index in [2.05, 4.69) is 0 Å². The van der Waals surface area contributed by atoms with Crippen molar-refractivity contribution < 1.29 is 14.2 Å². The summed E-state index contributed by atoms with van der Waals surface area (Å²) in [6.45, 7) is 4.56. The van der Waals surface area contributed by atoms with Crippen LogP contribution in [0.1, 0.15) is 29.8 Å². The van der Waals surface area contributed by atoms with Crippen LogP contribution in [0.4, 0.5) is 0 Å². The molecule has 1 atom stereocenters. The molecule has 25 heavy (non-hydrogen) atoms. The van der Waals surface area contributed by atoms with Gasteiger partial charge in [-0.2, -0.15) is 0 Å². The molecular formula is C20H23NO4. The van der Waals surface area contributed by atoms with Crippen LogP contribution in [0.2, 0.25) is 0 Å². The fourth-order valence-corrected chi connectivity index (χ4v) is 2.94. The Balaban J connectivity index is 1.86. The van der Waals surface area contributed by atoms with Crippen LogP contribution in [-0.4, -0.2) is 24.6 Å². The number of benzene rings is 1. The smallest absolute Gasteiger partial charge is 0.200 e. The minimum Gasteiger partial charge on any atom is -0.493 e. The maximum absolute atomic E-state index is 11.5. The van der Waals surface area contributed by atoms with Gasteiger partial charge in [0.2, 0.25) is 0 Å². The molecule has 1 aromatic carbocycles. The SMILES string of the molecule is COc1ccc(/C=C/n2c(C)cc(=O)cc2C)cc1OC1CCCO1. The van der Waals surface area contributed by atoms with E-state index < -0.39 is 0 Å². The van der Waals surface area contributed by atoms with E-state index >= 15 is 0 Å². The second kappa shape index (κ2) is 7.57. The molecule has 0 radical (unpaired) electrons. The molecule has 0 spiro atoms. The molecule has 0 N–H and O–H groups in total. The minimum atomic E-state index is -0.211.